The third kappa shape index (κ3) is 4.14. The molecule has 0 atom stereocenters. The Hall–Kier alpha value is -6.24. The normalized spacial score (nSPS) is 14.6. The lowest BCUT2D eigenvalue weighted by atomic mass is 9.78. The summed E-state index contributed by atoms with van der Waals surface area (Å²) < 4.78 is 0. The van der Waals surface area contributed by atoms with E-state index in [-0.39, 0.29) is 10.8 Å². The maximum atomic E-state index is 2.52. The van der Waals surface area contributed by atoms with Gasteiger partial charge in [-0.15, -0.1) is 0 Å². The van der Waals surface area contributed by atoms with E-state index in [1.165, 1.54) is 110 Å². The minimum Gasteiger partial charge on any atom is -0.0622 e. The van der Waals surface area contributed by atoms with Gasteiger partial charge in [-0.1, -0.05) is 191 Å². The van der Waals surface area contributed by atoms with Crippen molar-refractivity contribution >= 4 is 32.3 Å². The zero-order valence-corrected chi connectivity index (χ0v) is 31.2. The standard InChI is InChI=1S/C54H40/c1-53(2)45-25-15-14-24-43(45)51-46(53)30-31-47-52(51)44-27-26-34(32-48(44)54(47,3)4)49-38-20-10-12-22-40(38)50(41-23-13-11-21-39(41)49)42-29-28-35(33-16-6-5-7-17-33)36-18-8-9-19-37(36)42/h5-32H,1-4H3. The van der Waals surface area contributed by atoms with Gasteiger partial charge in [0.1, 0.15) is 0 Å². The SMILES string of the molecule is CC1(C)c2ccccc2-c2c1ccc1c2-c2ccc(-c3c4ccccc4c(-c4ccc(-c5ccccc5)c5ccccc45)c4ccccc34)cc2C1(C)C. The molecule has 0 heteroatoms. The fourth-order valence-corrected chi connectivity index (χ4v) is 10.3. The predicted molar refractivity (Wildman–Crippen MR) is 230 cm³/mol. The van der Waals surface area contributed by atoms with Crippen LogP contribution in [0.1, 0.15) is 49.9 Å². The zero-order chi connectivity index (χ0) is 36.3. The second-order valence-corrected chi connectivity index (χ2v) is 16.4. The molecule has 0 radical (unpaired) electrons. The van der Waals surface area contributed by atoms with Gasteiger partial charge in [0, 0.05) is 10.8 Å². The maximum absolute atomic E-state index is 2.52. The number of fused-ring (bicyclic) bond motifs is 10. The number of hydrogen-bond acceptors (Lipinski definition) is 0. The molecule has 0 saturated carbocycles. The average Bonchev–Trinajstić information content (AvgIpc) is 3.59. The fraction of sp³-hybridized carbons (Fsp3) is 0.111. The van der Waals surface area contributed by atoms with Gasteiger partial charge in [0.05, 0.1) is 0 Å². The summed E-state index contributed by atoms with van der Waals surface area (Å²) in [5.41, 5.74) is 18.8. The summed E-state index contributed by atoms with van der Waals surface area (Å²) in [5, 5.41) is 7.68. The molecule has 0 aliphatic heterocycles. The van der Waals surface area contributed by atoms with Gasteiger partial charge in [-0.05, 0) is 116 Å². The third-order valence-electron chi connectivity index (χ3n) is 12.9. The highest BCUT2D eigenvalue weighted by atomic mass is 14.5. The van der Waals surface area contributed by atoms with Gasteiger partial charge in [0.15, 0.2) is 0 Å². The van der Waals surface area contributed by atoms with Crippen molar-refractivity contribution in [3.05, 3.63) is 192 Å². The highest BCUT2D eigenvalue weighted by Gasteiger charge is 2.43. The van der Waals surface area contributed by atoms with Crippen molar-refractivity contribution in [1.82, 2.24) is 0 Å². The average molecular weight is 689 g/mol. The second kappa shape index (κ2) is 11.1. The van der Waals surface area contributed by atoms with Crippen LogP contribution in [0.25, 0.3) is 88.0 Å². The van der Waals surface area contributed by atoms with E-state index in [0.717, 1.165) is 0 Å². The van der Waals surface area contributed by atoms with Gasteiger partial charge >= 0.3 is 0 Å². The lowest BCUT2D eigenvalue weighted by molar-refractivity contribution is 0.651. The number of rotatable bonds is 3. The molecule has 0 fully saturated rings. The van der Waals surface area contributed by atoms with E-state index < -0.39 is 0 Å². The van der Waals surface area contributed by atoms with E-state index >= 15 is 0 Å². The highest BCUT2D eigenvalue weighted by molar-refractivity contribution is 6.24. The summed E-state index contributed by atoms with van der Waals surface area (Å²) in [4.78, 5) is 0. The van der Waals surface area contributed by atoms with Gasteiger partial charge in [0.25, 0.3) is 0 Å². The smallest absolute Gasteiger partial charge is 0.0159 e. The molecule has 2 aliphatic rings. The molecule has 0 unspecified atom stereocenters. The molecule has 0 saturated heterocycles. The molecular formula is C54H40. The Labute approximate surface area is 317 Å². The van der Waals surface area contributed by atoms with Gasteiger partial charge in [-0.25, -0.2) is 0 Å². The van der Waals surface area contributed by atoms with Crippen LogP contribution >= 0.6 is 0 Å². The van der Waals surface area contributed by atoms with Gasteiger partial charge in [-0.3, -0.25) is 0 Å². The molecule has 9 aromatic rings. The van der Waals surface area contributed by atoms with Crippen molar-refractivity contribution in [2.45, 2.75) is 38.5 Å². The molecule has 256 valence electrons. The Kier molecular flexibility index (Phi) is 6.46. The molecule has 9 aromatic carbocycles. The fourth-order valence-electron chi connectivity index (χ4n) is 10.3. The Balaban J connectivity index is 1.16. The largest absolute Gasteiger partial charge is 0.0622 e. The first-order valence-electron chi connectivity index (χ1n) is 19.3. The predicted octanol–water partition coefficient (Wildman–Crippen LogP) is 14.8. The van der Waals surface area contributed by atoms with Crippen molar-refractivity contribution in [1.29, 1.82) is 0 Å². The van der Waals surface area contributed by atoms with Crippen molar-refractivity contribution in [3.63, 3.8) is 0 Å². The van der Waals surface area contributed by atoms with Gasteiger partial charge in [-0.2, -0.15) is 0 Å². The Morgan fingerprint density at radius 3 is 1.33 bits per heavy atom. The highest BCUT2D eigenvalue weighted by Crippen LogP contribution is 2.59. The molecule has 0 N–H and O–H groups in total. The zero-order valence-electron chi connectivity index (χ0n) is 31.2. The van der Waals surface area contributed by atoms with Crippen molar-refractivity contribution in [2.75, 3.05) is 0 Å². The van der Waals surface area contributed by atoms with Crippen LogP contribution in [0.5, 0.6) is 0 Å². The van der Waals surface area contributed by atoms with E-state index in [1.54, 1.807) is 0 Å². The summed E-state index contributed by atoms with van der Waals surface area (Å²) in [7, 11) is 0. The second-order valence-electron chi connectivity index (χ2n) is 16.4. The molecule has 54 heavy (non-hydrogen) atoms. The van der Waals surface area contributed by atoms with E-state index in [9.17, 15) is 0 Å². The molecule has 0 aromatic heterocycles. The van der Waals surface area contributed by atoms with Crippen LogP contribution < -0.4 is 0 Å². The monoisotopic (exact) mass is 688 g/mol. The van der Waals surface area contributed by atoms with Crippen LogP contribution in [0.3, 0.4) is 0 Å². The summed E-state index contributed by atoms with van der Waals surface area (Å²) in [6.45, 7) is 9.61. The summed E-state index contributed by atoms with van der Waals surface area (Å²) in [6.07, 6.45) is 0. The maximum Gasteiger partial charge on any atom is 0.0159 e. The van der Waals surface area contributed by atoms with Crippen molar-refractivity contribution < 1.29 is 0 Å². The van der Waals surface area contributed by atoms with E-state index in [1.807, 2.05) is 0 Å². The first-order valence-corrected chi connectivity index (χ1v) is 19.3. The molecule has 11 rings (SSSR count). The van der Waals surface area contributed by atoms with Crippen molar-refractivity contribution in [2.24, 2.45) is 0 Å². The first kappa shape index (κ1) is 31.3. The third-order valence-corrected chi connectivity index (χ3v) is 12.9. The van der Waals surface area contributed by atoms with E-state index in [2.05, 4.69) is 198 Å². The van der Waals surface area contributed by atoms with Crippen LogP contribution in [0, 0.1) is 0 Å². The summed E-state index contributed by atoms with van der Waals surface area (Å²) in [6, 6.07) is 63.7. The summed E-state index contributed by atoms with van der Waals surface area (Å²) in [5.74, 6) is 0. The lowest BCUT2D eigenvalue weighted by Gasteiger charge is -2.24. The Bertz CT molecular complexity index is 2970. The molecular weight excluding hydrogens is 649 g/mol. The van der Waals surface area contributed by atoms with Crippen LogP contribution in [0.2, 0.25) is 0 Å². The minimum absolute atomic E-state index is 0.0272. The minimum atomic E-state index is -0.137. The van der Waals surface area contributed by atoms with Gasteiger partial charge < -0.3 is 0 Å². The van der Waals surface area contributed by atoms with E-state index in [4.69, 9.17) is 0 Å². The number of benzene rings is 9. The Morgan fingerprint density at radius 1 is 0.259 bits per heavy atom. The molecule has 0 bridgehead atoms. The molecule has 2 aliphatic carbocycles. The molecule has 0 nitrogen and oxygen atoms in total. The van der Waals surface area contributed by atoms with Crippen LogP contribution in [-0.2, 0) is 10.8 Å². The Morgan fingerprint density at radius 2 is 0.704 bits per heavy atom. The summed E-state index contributed by atoms with van der Waals surface area (Å²) >= 11 is 0. The van der Waals surface area contributed by atoms with Crippen LogP contribution in [-0.4, -0.2) is 0 Å². The lowest BCUT2D eigenvalue weighted by Crippen LogP contribution is -2.17. The van der Waals surface area contributed by atoms with Gasteiger partial charge in [0.2, 0.25) is 0 Å². The molecule has 0 heterocycles. The number of hydrogen-bond donors (Lipinski definition) is 0. The van der Waals surface area contributed by atoms with Crippen molar-refractivity contribution in [3.8, 4) is 55.6 Å². The first-order chi connectivity index (χ1) is 26.3. The molecule has 0 amide bonds. The van der Waals surface area contributed by atoms with Crippen LogP contribution in [0.15, 0.2) is 170 Å². The van der Waals surface area contributed by atoms with Crippen LogP contribution in [0.4, 0.5) is 0 Å². The topological polar surface area (TPSA) is 0 Å². The molecule has 0 spiro atoms. The quantitative estimate of drug-likeness (QED) is 0.162. The van der Waals surface area contributed by atoms with E-state index in [0.29, 0.717) is 0 Å².